The van der Waals surface area contributed by atoms with Crippen LogP contribution in [0, 0.1) is 0 Å². The molecule has 0 bridgehead atoms. The molecule has 0 saturated heterocycles. The van der Waals surface area contributed by atoms with Crippen LogP contribution < -0.4 is 24.8 Å². The van der Waals surface area contributed by atoms with Gasteiger partial charge in [-0.1, -0.05) is 41.4 Å². The van der Waals surface area contributed by atoms with Gasteiger partial charge in [0.2, 0.25) is 0 Å². The predicted molar refractivity (Wildman–Crippen MR) is 125 cm³/mol. The second-order valence-electron chi connectivity index (χ2n) is 6.48. The maximum atomic E-state index is 12.5. The molecule has 0 aliphatic heterocycles. The van der Waals surface area contributed by atoms with Gasteiger partial charge in [0, 0.05) is 22.7 Å². The van der Waals surface area contributed by atoms with Crippen molar-refractivity contribution < 1.29 is 23.8 Å². The second-order valence-corrected chi connectivity index (χ2v) is 7.33. The first-order valence-electron chi connectivity index (χ1n) is 9.41. The molecule has 0 atom stereocenters. The molecule has 0 heterocycles. The van der Waals surface area contributed by atoms with Gasteiger partial charge in [0.1, 0.15) is 17.2 Å². The topological polar surface area (TPSA) is 85.9 Å². The summed E-state index contributed by atoms with van der Waals surface area (Å²) in [6, 6.07) is 16.6. The smallest absolute Gasteiger partial charge is 0.262 e. The van der Waals surface area contributed by atoms with Crippen molar-refractivity contribution in [2.75, 3.05) is 31.5 Å². The minimum absolute atomic E-state index is 0.292. The molecular formula is C23H20Cl2N2O5. The molecule has 7 nitrogen and oxygen atoms in total. The predicted octanol–water partition coefficient (Wildman–Crippen LogP) is 5.28. The molecule has 0 spiro atoms. The molecule has 2 N–H and O–H groups in total. The summed E-state index contributed by atoms with van der Waals surface area (Å²) >= 11 is 11.9. The van der Waals surface area contributed by atoms with Crippen LogP contribution in [0.5, 0.6) is 17.2 Å². The standard InChI is InChI=1S/C23H20Cl2N2O5/c1-30-20-12-18(27-23(29)14-6-4-3-5-7-14)21(31-2)11-17(20)26-22(28)13-32-19-9-8-15(24)10-16(19)25/h3-12H,13H2,1-2H3,(H,26,28)(H,27,29). The molecule has 3 aromatic carbocycles. The fourth-order valence-corrected chi connectivity index (χ4v) is 3.26. The van der Waals surface area contributed by atoms with Crippen molar-refractivity contribution in [1.82, 2.24) is 0 Å². The van der Waals surface area contributed by atoms with E-state index in [2.05, 4.69) is 10.6 Å². The van der Waals surface area contributed by atoms with E-state index in [0.29, 0.717) is 44.2 Å². The molecule has 2 amide bonds. The number of anilines is 2. The Bertz CT molecular complexity index is 1120. The average molecular weight is 475 g/mol. The first kappa shape index (κ1) is 23.2. The Labute approximate surface area is 195 Å². The van der Waals surface area contributed by atoms with Crippen LogP contribution in [0.15, 0.2) is 60.7 Å². The highest BCUT2D eigenvalue weighted by atomic mass is 35.5. The molecule has 3 aromatic rings. The van der Waals surface area contributed by atoms with Gasteiger partial charge in [-0.15, -0.1) is 0 Å². The Balaban J connectivity index is 1.73. The number of carbonyl (C=O) groups is 2. The average Bonchev–Trinajstić information content (AvgIpc) is 2.79. The minimum Gasteiger partial charge on any atom is -0.494 e. The lowest BCUT2D eigenvalue weighted by atomic mass is 10.2. The highest BCUT2D eigenvalue weighted by Crippen LogP contribution is 2.36. The van der Waals surface area contributed by atoms with E-state index in [1.807, 2.05) is 6.07 Å². The van der Waals surface area contributed by atoms with Gasteiger partial charge in [0.05, 0.1) is 30.6 Å². The van der Waals surface area contributed by atoms with E-state index in [1.54, 1.807) is 48.5 Å². The first-order chi connectivity index (χ1) is 15.4. The van der Waals surface area contributed by atoms with Crippen LogP contribution in [0.4, 0.5) is 11.4 Å². The van der Waals surface area contributed by atoms with Crippen molar-refractivity contribution in [3.63, 3.8) is 0 Å². The number of hydrogen-bond donors (Lipinski definition) is 2. The number of rotatable bonds is 8. The summed E-state index contributed by atoms with van der Waals surface area (Å²) < 4.78 is 16.2. The lowest BCUT2D eigenvalue weighted by Crippen LogP contribution is -2.21. The van der Waals surface area contributed by atoms with E-state index < -0.39 is 5.91 Å². The van der Waals surface area contributed by atoms with E-state index in [9.17, 15) is 9.59 Å². The van der Waals surface area contributed by atoms with E-state index >= 15 is 0 Å². The summed E-state index contributed by atoms with van der Waals surface area (Å²) in [6.07, 6.45) is 0. The first-order valence-corrected chi connectivity index (χ1v) is 10.2. The van der Waals surface area contributed by atoms with Gasteiger partial charge in [-0.25, -0.2) is 0 Å². The van der Waals surface area contributed by atoms with Crippen molar-refractivity contribution in [3.8, 4) is 17.2 Å². The summed E-state index contributed by atoms with van der Waals surface area (Å²) in [7, 11) is 2.90. The summed E-state index contributed by atoms with van der Waals surface area (Å²) in [5.41, 5.74) is 1.22. The van der Waals surface area contributed by atoms with Crippen LogP contribution in [0.3, 0.4) is 0 Å². The number of halogens is 2. The Kier molecular flexibility index (Phi) is 7.81. The van der Waals surface area contributed by atoms with E-state index in [0.717, 1.165) is 0 Å². The number of amides is 2. The maximum absolute atomic E-state index is 12.5. The molecule has 0 aliphatic carbocycles. The number of benzene rings is 3. The summed E-state index contributed by atoms with van der Waals surface area (Å²) in [5.74, 6) is 0.238. The van der Waals surface area contributed by atoms with E-state index in [1.165, 1.54) is 20.3 Å². The van der Waals surface area contributed by atoms with E-state index in [-0.39, 0.29) is 12.5 Å². The number of carbonyl (C=O) groups excluding carboxylic acids is 2. The number of methoxy groups -OCH3 is 2. The number of hydrogen-bond acceptors (Lipinski definition) is 5. The molecule has 166 valence electrons. The Morgan fingerprint density at radius 3 is 2.03 bits per heavy atom. The monoisotopic (exact) mass is 474 g/mol. The summed E-state index contributed by atoms with van der Waals surface area (Å²) in [6.45, 7) is -0.292. The summed E-state index contributed by atoms with van der Waals surface area (Å²) in [4.78, 5) is 24.9. The van der Waals surface area contributed by atoms with Gasteiger partial charge >= 0.3 is 0 Å². The number of ether oxygens (including phenoxy) is 3. The highest BCUT2D eigenvalue weighted by molar-refractivity contribution is 6.35. The molecule has 9 heteroatoms. The third-order valence-electron chi connectivity index (χ3n) is 4.33. The van der Waals surface area contributed by atoms with Crippen LogP contribution >= 0.6 is 23.2 Å². The van der Waals surface area contributed by atoms with Gasteiger partial charge in [-0.3, -0.25) is 9.59 Å². The fourth-order valence-electron chi connectivity index (χ4n) is 2.80. The summed E-state index contributed by atoms with van der Waals surface area (Å²) in [5, 5.41) is 6.24. The van der Waals surface area contributed by atoms with E-state index in [4.69, 9.17) is 37.4 Å². The van der Waals surface area contributed by atoms with Crippen LogP contribution in [0.25, 0.3) is 0 Å². The molecule has 0 fully saturated rings. The third-order valence-corrected chi connectivity index (χ3v) is 4.86. The van der Waals surface area contributed by atoms with Gasteiger partial charge < -0.3 is 24.8 Å². The Morgan fingerprint density at radius 2 is 1.44 bits per heavy atom. The van der Waals surface area contributed by atoms with Gasteiger partial charge in [0.15, 0.2) is 6.61 Å². The quantitative estimate of drug-likeness (QED) is 0.463. The lowest BCUT2D eigenvalue weighted by molar-refractivity contribution is -0.118. The molecular weight excluding hydrogens is 455 g/mol. The van der Waals surface area contributed by atoms with Gasteiger partial charge in [0.25, 0.3) is 11.8 Å². The van der Waals surface area contributed by atoms with Crippen molar-refractivity contribution in [2.24, 2.45) is 0 Å². The van der Waals surface area contributed by atoms with Crippen molar-refractivity contribution in [1.29, 1.82) is 0 Å². The maximum Gasteiger partial charge on any atom is 0.262 e. The zero-order chi connectivity index (χ0) is 23.1. The SMILES string of the molecule is COc1cc(NC(=O)c2ccccc2)c(OC)cc1NC(=O)COc1ccc(Cl)cc1Cl. The Morgan fingerprint density at radius 1 is 0.812 bits per heavy atom. The van der Waals surface area contributed by atoms with Crippen LogP contribution in [-0.4, -0.2) is 32.6 Å². The van der Waals surface area contributed by atoms with Gasteiger partial charge in [-0.2, -0.15) is 0 Å². The van der Waals surface area contributed by atoms with Crippen LogP contribution in [0.2, 0.25) is 10.0 Å². The molecule has 0 aliphatic rings. The molecule has 3 rings (SSSR count). The van der Waals surface area contributed by atoms with Gasteiger partial charge in [-0.05, 0) is 30.3 Å². The molecule has 0 unspecified atom stereocenters. The zero-order valence-corrected chi connectivity index (χ0v) is 18.8. The van der Waals surface area contributed by atoms with Crippen LogP contribution in [0.1, 0.15) is 10.4 Å². The molecule has 0 aromatic heterocycles. The normalized spacial score (nSPS) is 10.2. The third kappa shape index (κ3) is 5.84. The number of nitrogens with one attached hydrogen (secondary N) is 2. The second kappa shape index (κ2) is 10.7. The largest absolute Gasteiger partial charge is 0.494 e. The highest BCUT2D eigenvalue weighted by Gasteiger charge is 2.16. The van der Waals surface area contributed by atoms with Crippen LogP contribution in [-0.2, 0) is 4.79 Å². The molecule has 32 heavy (non-hydrogen) atoms. The molecule has 0 saturated carbocycles. The fraction of sp³-hybridized carbons (Fsp3) is 0.130. The Hall–Kier alpha value is -3.42. The van der Waals surface area contributed by atoms with Crippen molar-refractivity contribution >= 4 is 46.4 Å². The molecule has 0 radical (unpaired) electrons. The lowest BCUT2D eigenvalue weighted by Gasteiger charge is -2.16. The van der Waals surface area contributed by atoms with Crippen molar-refractivity contribution in [2.45, 2.75) is 0 Å². The zero-order valence-electron chi connectivity index (χ0n) is 17.3. The minimum atomic E-state index is -0.447. The van der Waals surface area contributed by atoms with Crippen molar-refractivity contribution in [3.05, 3.63) is 76.3 Å².